The van der Waals surface area contributed by atoms with Crippen molar-refractivity contribution < 1.29 is 9.59 Å². The Morgan fingerprint density at radius 1 is 1.26 bits per heavy atom. The second-order valence-electron chi connectivity index (χ2n) is 5.62. The van der Waals surface area contributed by atoms with Crippen LogP contribution in [0.1, 0.15) is 46.0 Å². The van der Waals surface area contributed by atoms with Crippen LogP contribution >= 0.6 is 0 Å². The van der Waals surface area contributed by atoms with Gasteiger partial charge in [0.2, 0.25) is 11.8 Å². The Labute approximate surface area is 115 Å². The molecule has 1 aliphatic heterocycles. The van der Waals surface area contributed by atoms with E-state index in [1.54, 1.807) is 11.8 Å². The number of nitrogens with one attached hydrogen (secondary N) is 1. The smallest absolute Gasteiger partial charge is 0.246 e. The van der Waals surface area contributed by atoms with Gasteiger partial charge in [0.15, 0.2) is 0 Å². The quantitative estimate of drug-likeness (QED) is 0.791. The number of amides is 2. The second kappa shape index (κ2) is 6.22. The first kappa shape index (κ1) is 14.1. The zero-order valence-electron chi connectivity index (χ0n) is 11.9. The van der Waals surface area contributed by atoms with E-state index < -0.39 is 0 Å². The Morgan fingerprint density at radius 3 is 2.58 bits per heavy atom. The van der Waals surface area contributed by atoms with Gasteiger partial charge in [0.05, 0.1) is 0 Å². The molecule has 2 amide bonds. The number of carbonyl (C=O) groups excluding carboxylic acids is 2. The van der Waals surface area contributed by atoms with Crippen LogP contribution in [0.25, 0.3) is 0 Å². The fourth-order valence-electron chi connectivity index (χ4n) is 3.10. The van der Waals surface area contributed by atoms with Gasteiger partial charge in [-0.2, -0.15) is 0 Å². The fraction of sp³-hybridized carbons (Fsp3) is 0.733. The molecule has 1 saturated carbocycles. The Balaban J connectivity index is 2.11. The zero-order chi connectivity index (χ0) is 13.8. The largest absolute Gasteiger partial charge is 0.342 e. The van der Waals surface area contributed by atoms with E-state index in [0.717, 1.165) is 12.8 Å². The third kappa shape index (κ3) is 2.99. The lowest BCUT2D eigenvalue weighted by Crippen LogP contribution is -2.64. The number of hydrogen-bond donors (Lipinski definition) is 1. The van der Waals surface area contributed by atoms with Crippen LogP contribution in [0.2, 0.25) is 0 Å². The van der Waals surface area contributed by atoms with Crippen molar-refractivity contribution in [3.8, 4) is 0 Å². The molecule has 1 saturated heterocycles. The Bertz CT molecular complexity index is 372. The maximum Gasteiger partial charge on any atom is 0.246 e. The van der Waals surface area contributed by atoms with Crippen LogP contribution < -0.4 is 5.32 Å². The molecule has 19 heavy (non-hydrogen) atoms. The number of hydrogen-bond acceptors (Lipinski definition) is 2. The highest BCUT2D eigenvalue weighted by atomic mass is 16.2. The molecule has 1 heterocycles. The van der Waals surface area contributed by atoms with E-state index in [9.17, 15) is 9.59 Å². The number of rotatable bonds is 3. The Morgan fingerprint density at radius 2 is 1.95 bits per heavy atom. The van der Waals surface area contributed by atoms with Crippen molar-refractivity contribution in [1.82, 2.24) is 10.2 Å². The molecule has 106 valence electrons. The molecule has 0 radical (unpaired) electrons. The highest BCUT2D eigenvalue weighted by Gasteiger charge is 2.41. The minimum atomic E-state index is -0.358. The molecule has 2 fully saturated rings. The minimum absolute atomic E-state index is 0.0142. The summed E-state index contributed by atoms with van der Waals surface area (Å²) in [6.45, 7) is 4.26. The molecule has 0 bridgehead atoms. The van der Waals surface area contributed by atoms with Crippen LogP contribution in [0.4, 0.5) is 0 Å². The van der Waals surface area contributed by atoms with E-state index in [-0.39, 0.29) is 23.9 Å². The van der Waals surface area contributed by atoms with Crippen LogP contribution in [0, 0.1) is 5.92 Å². The predicted molar refractivity (Wildman–Crippen MR) is 74.5 cm³/mol. The van der Waals surface area contributed by atoms with Crippen molar-refractivity contribution in [2.75, 3.05) is 6.54 Å². The van der Waals surface area contributed by atoms with Crippen LogP contribution in [-0.2, 0) is 9.59 Å². The molecule has 1 N–H and O–H groups in total. The van der Waals surface area contributed by atoms with E-state index >= 15 is 0 Å². The average molecular weight is 264 g/mol. The lowest BCUT2D eigenvalue weighted by Gasteiger charge is -2.40. The summed E-state index contributed by atoms with van der Waals surface area (Å²) in [5.41, 5.74) is 0. The van der Waals surface area contributed by atoms with Crippen molar-refractivity contribution >= 4 is 11.8 Å². The van der Waals surface area contributed by atoms with Crippen LogP contribution in [0.3, 0.4) is 0 Å². The molecule has 2 aliphatic rings. The molecule has 0 spiro atoms. The van der Waals surface area contributed by atoms with E-state index in [2.05, 4.69) is 5.32 Å². The fourth-order valence-corrected chi connectivity index (χ4v) is 3.10. The molecule has 1 aliphatic carbocycles. The van der Waals surface area contributed by atoms with Gasteiger partial charge in [-0.15, -0.1) is 0 Å². The maximum absolute atomic E-state index is 12.6. The van der Waals surface area contributed by atoms with Crippen molar-refractivity contribution in [3.63, 3.8) is 0 Å². The minimum Gasteiger partial charge on any atom is -0.342 e. The third-order valence-electron chi connectivity index (χ3n) is 4.35. The summed E-state index contributed by atoms with van der Waals surface area (Å²) < 4.78 is 0. The van der Waals surface area contributed by atoms with E-state index in [4.69, 9.17) is 0 Å². The molecule has 0 aromatic carbocycles. The van der Waals surface area contributed by atoms with Gasteiger partial charge in [0.1, 0.15) is 12.1 Å². The number of allylic oxidation sites excluding steroid dienone is 1. The van der Waals surface area contributed by atoms with Gasteiger partial charge in [-0.3, -0.25) is 9.59 Å². The Hall–Kier alpha value is -1.32. The van der Waals surface area contributed by atoms with Crippen LogP contribution in [-0.4, -0.2) is 35.3 Å². The summed E-state index contributed by atoms with van der Waals surface area (Å²) in [7, 11) is 0. The van der Waals surface area contributed by atoms with Crippen molar-refractivity contribution in [2.24, 2.45) is 5.92 Å². The summed E-state index contributed by atoms with van der Waals surface area (Å²) >= 11 is 0. The first-order chi connectivity index (χ1) is 9.15. The first-order valence-electron chi connectivity index (χ1n) is 7.37. The van der Waals surface area contributed by atoms with Gasteiger partial charge in [0, 0.05) is 6.54 Å². The average Bonchev–Trinajstić information content (AvgIpc) is 2.44. The maximum atomic E-state index is 12.6. The topological polar surface area (TPSA) is 49.4 Å². The molecular formula is C15H24N2O2. The lowest BCUT2D eigenvalue weighted by atomic mass is 9.82. The predicted octanol–water partition coefficient (Wildman–Crippen LogP) is 1.86. The van der Waals surface area contributed by atoms with Crippen LogP contribution in [0.5, 0.6) is 0 Å². The molecule has 2 atom stereocenters. The summed E-state index contributed by atoms with van der Waals surface area (Å²) in [6, 6.07) is -0.655. The highest BCUT2D eigenvalue weighted by Crippen LogP contribution is 2.29. The number of carbonyl (C=O) groups is 2. The van der Waals surface area contributed by atoms with Crippen molar-refractivity contribution in [2.45, 2.75) is 58.0 Å². The van der Waals surface area contributed by atoms with Gasteiger partial charge in [0.25, 0.3) is 0 Å². The number of piperazine rings is 1. The molecule has 2 unspecified atom stereocenters. The van der Waals surface area contributed by atoms with E-state index in [1.165, 1.54) is 19.3 Å². The molecule has 4 nitrogen and oxygen atoms in total. The summed E-state index contributed by atoms with van der Waals surface area (Å²) in [4.78, 5) is 26.3. The normalized spacial score (nSPS) is 29.9. The standard InChI is InChI=1S/C15H24N2O2/c1-3-4-10-17-11(2)14(18)16-13(15(17)19)12-8-6-5-7-9-12/h3-4,11-13H,5-10H2,1-2H3,(H,16,18)/b4-3+. The number of nitrogens with zero attached hydrogens (tertiary/aromatic N) is 1. The molecule has 4 heteroatoms. The van der Waals surface area contributed by atoms with E-state index in [0.29, 0.717) is 12.5 Å². The van der Waals surface area contributed by atoms with Crippen molar-refractivity contribution in [1.29, 1.82) is 0 Å². The van der Waals surface area contributed by atoms with E-state index in [1.807, 2.05) is 19.1 Å². The SMILES string of the molecule is C/C=C/CN1C(=O)C(C2CCCCC2)NC(=O)C1C. The van der Waals surface area contributed by atoms with Gasteiger partial charge in [-0.25, -0.2) is 0 Å². The molecule has 0 aromatic heterocycles. The monoisotopic (exact) mass is 264 g/mol. The second-order valence-corrected chi connectivity index (χ2v) is 5.62. The van der Waals surface area contributed by atoms with Gasteiger partial charge < -0.3 is 10.2 Å². The Kier molecular flexibility index (Phi) is 4.61. The van der Waals surface area contributed by atoms with Gasteiger partial charge in [-0.05, 0) is 32.6 Å². The highest BCUT2D eigenvalue weighted by molar-refractivity contribution is 5.97. The summed E-state index contributed by atoms with van der Waals surface area (Å²) in [6.07, 6.45) is 9.58. The molecular weight excluding hydrogens is 240 g/mol. The summed E-state index contributed by atoms with van der Waals surface area (Å²) in [5.74, 6) is 0.405. The van der Waals surface area contributed by atoms with Gasteiger partial charge >= 0.3 is 0 Å². The summed E-state index contributed by atoms with van der Waals surface area (Å²) in [5, 5.41) is 2.94. The van der Waals surface area contributed by atoms with Crippen LogP contribution in [0.15, 0.2) is 12.2 Å². The third-order valence-corrected chi connectivity index (χ3v) is 4.35. The molecule has 2 rings (SSSR count). The lowest BCUT2D eigenvalue weighted by molar-refractivity contribution is -0.149. The molecule has 0 aromatic rings. The van der Waals surface area contributed by atoms with Gasteiger partial charge in [-0.1, -0.05) is 31.4 Å². The zero-order valence-corrected chi connectivity index (χ0v) is 11.9. The van der Waals surface area contributed by atoms with Crippen molar-refractivity contribution in [3.05, 3.63) is 12.2 Å². The first-order valence-corrected chi connectivity index (χ1v) is 7.37.